The smallest absolute Gasteiger partial charge is 0.408 e. The van der Waals surface area contributed by atoms with Gasteiger partial charge < -0.3 is 19.2 Å². The van der Waals surface area contributed by atoms with Crippen molar-refractivity contribution in [1.82, 2.24) is 5.32 Å². The number of esters is 1. The van der Waals surface area contributed by atoms with Crippen molar-refractivity contribution >= 4 is 34.8 Å². The van der Waals surface area contributed by atoms with Crippen LogP contribution in [0.15, 0.2) is 21.3 Å². The molecular weight excluding hydrogens is 406 g/mol. The second-order valence-corrected chi connectivity index (χ2v) is 9.09. The molecule has 0 radical (unpaired) electrons. The summed E-state index contributed by atoms with van der Waals surface area (Å²) in [6.45, 7) is 10.5. The van der Waals surface area contributed by atoms with Gasteiger partial charge in [0.05, 0.1) is 0 Å². The van der Waals surface area contributed by atoms with E-state index in [4.69, 9.17) is 13.9 Å². The van der Waals surface area contributed by atoms with Crippen molar-refractivity contribution in [2.24, 2.45) is 0 Å². The van der Waals surface area contributed by atoms with E-state index in [9.17, 15) is 14.4 Å². The summed E-state index contributed by atoms with van der Waals surface area (Å²) in [5.74, 6) is 0.321. The third-order valence-electron chi connectivity index (χ3n) is 4.62. The molecule has 164 valence electrons. The number of thioether (sulfide) groups is 1. The largest absolute Gasteiger partial charge is 0.444 e. The van der Waals surface area contributed by atoms with E-state index in [-0.39, 0.29) is 5.75 Å². The molecule has 2 rings (SSSR count). The van der Waals surface area contributed by atoms with E-state index in [1.165, 1.54) is 0 Å². The molecule has 0 saturated carbocycles. The molecule has 1 heterocycles. The topological polar surface area (TPSA) is 94.8 Å². The van der Waals surface area contributed by atoms with Crippen LogP contribution < -0.4 is 15.7 Å². The Balaban J connectivity index is 2.29. The standard InChI is InChI=1S/C22H29NO6S/c1-12-13(2)19(24)28-18-14(3)17(9-8-15(12)18)27-20(25)16(10-11-30-7)23-21(26)29-22(4,5)6/h8-9,16H,10-11H2,1-7H3,(H,23,26)/t16-/m0/s1. The lowest BCUT2D eigenvalue weighted by Gasteiger charge is -2.23. The predicted molar refractivity (Wildman–Crippen MR) is 118 cm³/mol. The zero-order valence-corrected chi connectivity index (χ0v) is 19.3. The maximum absolute atomic E-state index is 12.8. The Labute approximate surface area is 180 Å². The highest BCUT2D eigenvalue weighted by Gasteiger charge is 2.26. The summed E-state index contributed by atoms with van der Waals surface area (Å²) >= 11 is 1.55. The van der Waals surface area contributed by atoms with Crippen LogP contribution in [0.25, 0.3) is 11.0 Å². The fourth-order valence-corrected chi connectivity index (χ4v) is 3.32. The number of fused-ring (bicyclic) bond motifs is 1. The highest BCUT2D eigenvalue weighted by atomic mass is 32.2. The minimum atomic E-state index is -0.867. The van der Waals surface area contributed by atoms with Crippen LogP contribution in [-0.4, -0.2) is 35.7 Å². The Bertz CT molecular complexity index is 1010. The van der Waals surface area contributed by atoms with Gasteiger partial charge in [-0.2, -0.15) is 11.8 Å². The Morgan fingerprint density at radius 1 is 1.13 bits per heavy atom. The number of hydrogen-bond donors (Lipinski definition) is 1. The third kappa shape index (κ3) is 5.78. The minimum absolute atomic E-state index is 0.277. The molecule has 0 aliphatic rings. The summed E-state index contributed by atoms with van der Waals surface area (Å²) in [4.78, 5) is 37.0. The van der Waals surface area contributed by atoms with Gasteiger partial charge in [-0.25, -0.2) is 14.4 Å². The quantitative estimate of drug-likeness (QED) is 0.411. The van der Waals surface area contributed by atoms with E-state index in [1.807, 2.05) is 13.2 Å². The van der Waals surface area contributed by atoms with Crippen molar-refractivity contribution in [3.63, 3.8) is 0 Å². The lowest BCUT2D eigenvalue weighted by atomic mass is 10.0. The Hall–Kier alpha value is -2.48. The number of nitrogens with one attached hydrogen (secondary N) is 1. The van der Waals surface area contributed by atoms with Crippen LogP contribution >= 0.6 is 11.8 Å². The number of aryl methyl sites for hydroxylation is 2. The molecule has 1 amide bonds. The van der Waals surface area contributed by atoms with E-state index in [0.29, 0.717) is 28.9 Å². The maximum Gasteiger partial charge on any atom is 0.408 e. The first-order valence-electron chi connectivity index (χ1n) is 9.68. The van der Waals surface area contributed by atoms with Crippen molar-refractivity contribution in [1.29, 1.82) is 0 Å². The van der Waals surface area contributed by atoms with Crippen LogP contribution in [0.3, 0.4) is 0 Å². The average molecular weight is 436 g/mol. The second kappa shape index (κ2) is 9.55. The second-order valence-electron chi connectivity index (χ2n) is 8.11. The predicted octanol–water partition coefficient (Wildman–Crippen LogP) is 4.27. The van der Waals surface area contributed by atoms with Gasteiger partial charge in [0, 0.05) is 16.5 Å². The lowest BCUT2D eigenvalue weighted by Crippen LogP contribution is -2.45. The number of hydrogen-bond acceptors (Lipinski definition) is 7. The Morgan fingerprint density at radius 3 is 2.40 bits per heavy atom. The van der Waals surface area contributed by atoms with Gasteiger partial charge in [0.2, 0.25) is 0 Å². The van der Waals surface area contributed by atoms with E-state index < -0.39 is 29.3 Å². The molecule has 1 N–H and O–H groups in total. The van der Waals surface area contributed by atoms with Gasteiger partial charge >= 0.3 is 17.7 Å². The number of rotatable bonds is 6. The van der Waals surface area contributed by atoms with Crippen LogP contribution in [0.5, 0.6) is 5.75 Å². The van der Waals surface area contributed by atoms with Crippen molar-refractivity contribution in [2.75, 3.05) is 12.0 Å². The molecule has 30 heavy (non-hydrogen) atoms. The molecular formula is C22H29NO6S. The molecule has 0 saturated heterocycles. The van der Waals surface area contributed by atoms with Gasteiger partial charge in [0.15, 0.2) is 0 Å². The Kier molecular flexibility index (Phi) is 7.58. The molecule has 8 heteroatoms. The van der Waals surface area contributed by atoms with Gasteiger partial charge in [-0.15, -0.1) is 0 Å². The number of alkyl carbamates (subject to hydrolysis) is 1. The zero-order valence-electron chi connectivity index (χ0n) is 18.5. The molecule has 0 bridgehead atoms. The van der Waals surface area contributed by atoms with E-state index in [2.05, 4.69) is 5.32 Å². The molecule has 0 spiro atoms. The summed E-state index contributed by atoms with van der Waals surface area (Å²) in [6.07, 6.45) is 1.62. The fourth-order valence-electron chi connectivity index (χ4n) is 2.85. The van der Waals surface area contributed by atoms with Crippen molar-refractivity contribution < 1.29 is 23.5 Å². The van der Waals surface area contributed by atoms with E-state index >= 15 is 0 Å². The molecule has 2 aromatic rings. The SMILES string of the molecule is CSCC[C@H](NC(=O)OC(C)(C)C)C(=O)Oc1ccc2c(C)c(C)c(=O)oc2c1C. The molecule has 7 nitrogen and oxygen atoms in total. The maximum atomic E-state index is 12.8. The van der Waals surface area contributed by atoms with Crippen LogP contribution in [0.2, 0.25) is 0 Å². The number of carbonyl (C=O) groups is 2. The molecule has 1 atom stereocenters. The number of amides is 1. The van der Waals surface area contributed by atoms with E-state index in [1.54, 1.807) is 58.5 Å². The highest BCUT2D eigenvalue weighted by Crippen LogP contribution is 2.29. The fraction of sp³-hybridized carbons (Fsp3) is 0.500. The summed E-state index contributed by atoms with van der Waals surface area (Å²) in [5, 5.41) is 3.38. The van der Waals surface area contributed by atoms with Crippen LogP contribution in [0, 0.1) is 20.8 Å². The van der Waals surface area contributed by atoms with Crippen molar-refractivity contribution in [3.05, 3.63) is 39.2 Å². The molecule has 0 aliphatic carbocycles. The number of ether oxygens (including phenoxy) is 2. The minimum Gasteiger partial charge on any atom is -0.444 e. The number of carbonyl (C=O) groups excluding carboxylic acids is 2. The normalized spacial score (nSPS) is 12.5. The van der Waals surface area contributed by atoms with E-state index in [0.717, 1.165) is 10.9 Å². The Morgan fingerprint density at radius 2 is 1.80 bits per heavy atom. The number of benzene rings is 1. The molecule has 1 aromatic carbocycles. The molecule has 1 aromatic heterocycles. The first kappa shape index (κ1) is 23.8. The van der Waals surface area contributed by atoms with Crippen LogP contribution in [0.1, 0.15) is 43.9 Å². The van der Waals surface area contributed by atoms with Gasteiger partial charge in [-0.05, 0) is 77.7 Å². The highest BCUT2D eigenvalue weighted by molar-refractivity contribution is 7.98. The summed E-state index contributed by atoms with van der Waals surface area (Å²) in [5.41, 5.74) is 1.20. The summed E-state index contributed by atoms with van der Waals surface area (Å²) in [6, 6.07) is 2.56. The first-order valence-corrected chi connectivity index (χ1v) is 11.1. The lowest BCUT2D eigenvalue weighted by molar-refractivity contribution is -0.136. The molecule has 0 fully saturated rings. The van der Waals surface area contributed by atoms with Crippen molar-refractivity contribution in [2.45, 2.75) is 59.6 Å². The van der Waals surface area contributed by atoms with Gasteiger partial charge in [-0.3, -0.25) is 0 Å². The monoisotopic (exact) mass is 435 g/mol. The first-order chi connectivity index (χ1) is 13.9. The van der Waals surface area contributed by atoms with Crippen LogP contribution in [-0.2, 0) is 9.53 Å². The van der Waals surface area contributed by atoms with Crippen LogP contribution in [0.4, 0.5) is 4.79 Å². The van der Waals surface area contributed by atoms with Crippen molar-refractivity contribution in [3.8, 4) is 5.75 Å². The van der Waals surface area contributed by atoms with Gasteiger partial charge in [0.1, 0.15) is 23.0 Å². The third-order valence-corrected chi connectivity index (χ3v) is 5.26. The molecule has 0 aliphatic heterocycles. The average Bonchev–Trinajstić information content (AvgIpc) is 2.64. The summed E-state index contributed by atoms with van der Waals surface area (Å²) < 4.78 is 16.3. The zero-order chi connectivity index (χ0) is 22.6. The van der Waals surface area contributed by atoms with Gasteiger partial charge in [0.25, 0.3) is 0 Å². The molecule has 0 unspecified atom stereocenters. The van der Waals surface area contributed by atoms with Gasteiger partial charge in [-0.1, -0.05) is 0 Å². The summed E-state index contributed by atoms with van der Waals surface area (Å²) in [7, 11) is 0.